The van der Waals surface area contributed by atoms with Crippen molar-refractivity contribution < 1.29 is 19.0 Å². The largest absolute Gasteiger partial charge is 0.497 e. The Bertz CT molecular complexity index is 1250. The lowest BCUT2D eigenvalue weighted by molar-refractivity contribution is -0.131. The zero-order valence-electron chi connectivity index (χ0n) is 20.0. The molecule has 1 atom stereocenters. The van der Waals surface area contributed by atoms with E-state index in [1.54, 1.807) is 21.3 Å². The van der Waals surface area contributed by atoms with Crippen LogP contribution in [0.1, 0.15) is 22.7 Å². The lowest BCUT2D eigenvalue weighted by Crippen LogP contribution is -2.67. The van der Waals surface area contributed by atoms with Gasteiger partial charge in [0.05, 0.1) is 27.4 Å². The van der Waals surface area contributed by atoms with E-state index in [4.69, 9.17) is 14.2 Å². The summed E-state index contributed by atoms with van der Waals surface area (Å²) in [6.07, 6.45) is 0. The maximum absolute atomic E-state index is 14.4. The number of hydrogen-bond acceptors (Lipinski definition) is 4. The summed E-state index contributed by atoms with van der Waals surface area (Å²) in [6, 6.07) is 33.1. The molecule has 5 heteroatoms. The first-order valence-electron chi connectivity index (χ1n) is 11.4. The van der Waals surface area contributed by atoms with Gasteiger partial charge in [-0.05, 0) is 65.2 Å². The Morgan fingerprint density at radius 1 is 0.600 bits per heavy atom. The van der Waals surface area contributed by atoms with Crippen molar-refractivity contribution in [1.29, 1.82) is 0 Å². The summed E-state index contributed by atoms with van der Waals surface area (Å²) in [4.78, 5) is 16.2. The van der Waals surface area contributed by atoms with Crippen LogP contribution in [0.25, 0.3) is 0 Å². The van der Waals surface area contributed by atoms with Crippen LogP contribution in [0.5, 0.6) is 17.2 Å². The fraction of sp³-hybridized carbons (Fsp3) is 0.167. The molecular weight excluding hydrogens is 438 g/mol. The molecule has 4 aromatic carbocycles. The fourth-order valence-electron chi connectivity index (χ4n) is 5.03. The molecule has 0 saturated carbocycles. The van der Waals surface area contributed by atoms with Crippen molar-refractivity contribution in [3.05, 3.63) is 120 Å². The number of rotatable bonds is 7. The molecule has 0 N–H and O–H groups in total. The van der Waals surface area contributed by atoms with E-state index in [-0.39, 0.29) is 11.9 Å². The number of nitrogens with zero attached hydrogens (tertiary/aromatic N) is 1. The van der Waals surface area contributed by atoms with Crippen LogP contribution in [0, 0.1) is 0 Å². The fourth-order valence-corrected chi connectivity index (χ4v) is 5.03. The van der Waals surface area contributed by atoms with Crippen LogP contribution in [0.4, 0.5) is 5.69 Å². The zero-order chi connectivity index (χ0) is 24.4. The molecule has 1 heterocycles. The Labute approximate surface area is 205 Å². The number of hydrogen-bond donors (Lipinski definition) is 0. The van der Waals surface area contributed by atoms with Gasteiger partial charge in [0, 0.05) is 5.69 Å². The predicted molar refractivity (Wildman–Crippen MR) is 136 cm³/mol. The lowest BCUT2D eigenvalue weighted by Gasteiger charge is -2.57. The van der Waals surface area contributed by atoms with Gasteiger partial charge in [-0.2, -0.15) is 0 Å². The summed E-state index contributed by atoms with van der Waals surface area (Å²) in [7, 11) is 4.91. The summed E-state index contributed by atoms with van der Waals surface area (Å²) >= 11 is 0. The smallest absolute Gasteiger partial charge is 0.245 e. The normalized spacial score (nSPS) is 16.4. The van der Waals surface area contributed by atoms with Crippen molar-refractivity contribution in [2.24, 2.45) is 0 Å². The van der Waals surface area contributed by atoms with E-state index in [0.717, 1.165) is 39.6 Å². The summed E-state index contributed by atoms with van der Waals surface area (Å²) in [6.45, 7) is 0. The van der Waals surface area contributed by atoms with Gasteiger partial charge < -0.3 is 19.1 Å². The van der Waals surface area contributed by atoms with Gasteiger partial charge in [0.1, 0.15) is 22.7 Å². The van der Waals surface area contributed by atoms with Crippen LogP contribution in [-0.4, -0.2) is 27.2 Å². The van der Waals surface area contributed by atoms with Crippen molar-refractivity contribution in [3.8, 4) is 17.2 Å². The Morgan fingerprint density at radius 3 is 1.46 bits per heavy atom. The Kier molecular flexibility index (Phi) is 5.91. The molecule has 4 aromatic rings. The van der Waals surface area contributed by atoms with Crippen molar-refractivity contribution in [2.75, 3.05) is 26.2 Å². The molecule has 1 aliphatic heterocycles. The molecule has 1 aliphatic rings. The molecule has 0 radical (unpaired) electrons. The first kappa shape index (κ1) is 22.5. The minimum atomic E-state index is -0.917. The van der Waals surface area contributed by atoms with Gasteiger partial charge in [0.25, 0.3) is 0 Å². The summed E-state index contributed by atoms with van der Waals surface area (Å²) < 4.78 is 16.1. The van der Waals surface area contributed by atoms with Gasteiger partial charge >= 0.3 is 0 Å². The van der Waals surface area contributed by atoms with Crippen molar-refractivity contribution in [3.63, 3.8) is 0 Å². The van der Waals surface area contributed by atoms with Gasteiger partial charge in [0.2, 0.25) is 5.91 Å². The van der Waals surface area contributed by atoms with E-state index in [2.05, 4.69) is 12.1 Å². The number of anilines is 1. The van der Waals surface area contributed by atoms with E-state index >= 15 is 0 Å². The lowest BCUT2D eigenvalue weighted by atomic mass is 9.59. The molecule has 0 bridgehead atoms. The van der Waals surface area contributed by atoms with Gasteiger partial charge in [-0.25, -0.2) is 0 Å². The molecule has 0 unspecified atom stereocenters. The molecule has 35 heavy (non-hydrogen) atoms. The van der Waals surface area contributed by atoms with Crippen LogP contribution in [-0.2, 0) is 10.2 Å². The third-order valence-corrected chi connectivity index (χ3v) is 6.78. The third kappa shape index (κ3) is 3.60. The minimum Gasteiger partial charge on any atom is -0.497 e. The zero-order valence-corrected chi connectivity index (χ0v) is 20.0. The number of benzene rings is 4. The number of β-lactam (4-membered cyclic amide) rings is 1. The summed E-state index contributed by atoms with van der Waals surface area (Å²) in [5.74, 6) is 2.24. The molecule has 0 aromatic heterocycles. The Morgan fingerprint density at radius 2 is 1.03 bits per heavy atom. The SMILES string of the molecule is COc1ccc(N2C(=O)C(c3ccc(OC)cc3)(c3ccc(OC)cc3)[C@H]2c2ccccc2)cc1. The molecule has 1 amide bonds. The number of carbonyl (C=O) groups is 1. The molecule has 1 saturated heterocycles. The maximum atomic E-state index is 14.4. The van der Waals surface area contributed by atoms with E-state index in [0.29, 0.717) is 0 Å². The second-order valence-corrected chi connectivity index (χ2v) is 8.45. The number of methoxy groups -OCH3 is 3. The highest BCUT2D eigenvalue weighted by Crippen LogP contribution is 2.57. The Hall–Kier alpha value is -4.25. The molecule has 0 spiro atoms. The highest BCUT2D eigenvalue weighted by Gasteiger charge is 2.63. The molecular formula is C30H27NO4. The standard InChI is InChI=1S/C30H27NO4/c1-33-25-15-9-22(10-16-25)30(23-11-17-26(34-2)18-12-23)28(21-7-5-4-6-8-21)31(29(30)32)24-13-19-27(35-3)20-14-24/h4-20,28H,1-3H3/t28-/m1/s1. The first-order chi connectivity index (χ1) is 17.1. The highest BCUT2D eigenvalue weighted by molar-refractivity contribution is 6.12. The van der Waals surface area contributed by atoms with Gasteiger partial charge in [-0.1, -0.05) is 54.6 Å². The van der Waals surface area contributed by atoms with E-state index < -0.39 is 5.41 Å². The van der Waals surface area contributed by atoms with Crippen LogP contribution in [0.2, 0.25) is 0 Å². The second kappa shape index (κ2) is 9.18. The predicted octanol–water partition coefficient (Wildman–Crippen LogP) is 5.79. The highest BCUT2D eigenvalue weighted by atomic mass is 16.5. The summed E-state index contributed by atoms with van der Waals surface area (Å²) in [5.41, 5.74) is 2.77. The van der Waals surface area contributed by atoms with Gasteiger partial charge in [-0.15, -0.1) is 0 Å². The maximum Gasteiger partial charge on any atom is 0.245 e. The average molecular weight is 466 g/mol. The number of amides is 1. The van der Waals surface area contributed by atoms with E-state index in [1.807, 2.05) is 95.9 Å². The Balaban J connectivity index is 1.73. The van der Waals surface area contributed by atoms with Crippen molar-refractivity contribution in [1.82, 2.24) is 0 Å². The van der Waals surface area contributed by atoms with Crippen LogP contribution < -0.4 is 19.1 Å². The molecule has 0 aliphatic carbocycles. The van der Waals surface area contributed by atoms with E-state index in [9.17, 15) is 4.79 Å². The third-order valence-electron chi connectivity index (χ3n) is 6.78. The average Bonchev–Trinajstić information content (AvgIpc) is 2.93. The molecule has 176 valence electrons. The van der Waals surface area contributed by atoms with Gasteiger partial charge in [-0.3, -0.25) is 4.79 Å². The number of carbonyl (C=O) groups excluding carboxylic acids is 1. The van der Waals surface area contributed by atoms with Crippen LogP contribution in [0.15, 0.2) is 103 Å². The van der Waals surface area contributed by atoms with Crippen LogP contribution >= 0.6 is 0 Å². The first-order valence-corrected chi connectivity index (χ1v) is 11.4. The monoisotopic (exact) mass is 465 g/mol. The molecule has 5 rings (SSSR count). The quantitative estimate of drug-likeness (QED) is 0.324. The van der Waals surface area contributed by atoms with Gasteiger partial charge in [0.15, 0.2) is 0 Å². The van der Waals surface area contributed by atoms with Crippen molar-refractivity contribution in [2.45, 2.75) is 11.5 Å². The molecule has 5 nitrogen and oxygen atoms in total. The van der Waals surface area contributed by atoms with Crippen molar-refractivity contribution >= 4 is 11.6 Å². The minimum absolute atomic E-state index is 0.00635. The second-order valence-electron chi connectivity index (χ2n) is 8.45. The van der Waals surface area contributed by atoms with E-state index in [1.165, 1.54) is 0 Å². The molecule has 1 fully saturated rings. The van der Waals surface area contributed by atoms with Crippen LogP contribution in [0.3, 0.4) is 0 Å². The summed E-state index contributed by atoms with van der Waals surface area (Å²) in [5, 5.41) is 0. The number of ether oxygens (including phenoxy) is 3. The topological polar surface area (TPSA) is 48.0 Å².